The second-order valence-electron chi connectivity index (χ2n) is 7.24. The van der Waals surface area contributed by atoms with Crippen LogP contribution < -0.4 is 10.1 Å². The summed E-state index contributed by atoms with van der Waals surface area (Å²) < 4.78 is 11.1. The second kappa shape index (κ2) is 8.18. The van der Waals surface area contributed by atoms with E-state index in [2.05, 4.69) is 17.2 Å². The molecule has 0 aliphatic rings. The number of ether oxygens (including phenoxy) is 2. The third-order valence-electron chi connectivity index (χ3n) is 3.22. The van der Waals surface area contributed by atoms with Crippen LogP contribution in [-0.4, -0.2) is 29.3 Å². The van der Waals surface area contributed by atoms with Crippen LogP contribution in [0.15, 0.2) is 12.1 Å². The topological polar surface area (TPSA) is 60.5 Å². The molecule has 2 atom stereocenters. The van der Waals surface area contributed by atoms with E-state index in [9.17, 15) is 4.79 Å². The molecule has 0 saturated heterocycles. The monoisotopic (exact) mass is 322 g/mol. The largest absolute Gasteiger partial charge is 0.491 e. The molecule has 1 N–H and O–H groups in total. The first-order valence-corrected chi connectivity index (χ1v) is 8.13. The van der Waals surface area contributed by atoms with Crippen molar-refractivity contribution in [2.24, 2.45) is 5.92 Å². The minimum absolute atomic E-state index is 0.0284. The lowest BCUT2D eigenvalue weighted by Gasteiger charge is -2.23. The summed E-state index contributed by atoms with van der Waals surface area (Å²) in [5.41, 5.74) is 1.41. The molecule has 23 heavy (non-hydrogen) atoms. The lowest BCUT2D eigenvalue weighted by atomic mass is 10.0. The molecule has 1 amide bonds. The predicted molar refractivity (Wildman–Crippen MR) is 91.8 cm³/mol. The quantitative estimate of drug-likeness (QED) is 0.859. The van der Waals surface area contributed by atoms with Crippen LogP contribution in [0.1, 0.15) is 52.4 Å². The van der Waals surface area contributed by atoms with Crippen molar-refractivity contribution in [1.29, 1.82) is 0 Å². The summed E-state index contributed by atoms with van der Waals surface area (Å²) in [6, 6.07) is 3.92. The summed E-state index contributed by atoms with van der Waals surface area (Å²) in [4.78, 5) is 16.1. The second-order valence-corrected chi connectivity index (χ2v) is 7.24. The summed E-state index contributed by atoms with van der Waals surface area (Å²) in [6.45, 7) is 14.1. The molecule has 1 aromatic rings. The average Bonchev–Trinajstić information content (AvgIpc) is 2.34. The van der Waals surface area contributed by atoms with E-state index in [1.165, 1.54) is 0 Å². The van der Waals surface area contributed by atoms with E-state index in [0.29, 0.717) is 12.5 Å². The number of hydrogen-bond acceptors (Lipinski definition) is 4. The zero-order valence-electron chi connectivity index (χ0n) is 15.4. The van der Waals surface area contributed by atoms with Gasteiger partial charge in [0.1, 0.15) is 11.4 Å². The summed E-state index contributed by atoms with van der Waals surface area (Å²) in [5, 5.41) is 2.86. The van der Waals surface area contributed by atoms with Crippen molar-refractivity contribution < 1.29 is 14.3 Å². The zero-order valence-corrected chi connectivity index (χ0v) is 15.4. The van der Waals surface area contributed by atoms with E-state index in [0.717, 1.165) is 23.6 Å². The van der Waals surface area contributed by atoms with E-state index in [1.807, 2.05) is 53.7 Å². The van der Waals surface area contributed by atoms with Crippen LogP contribution in [0, 0.1) is 19.8 Å². The molecule has 1 aromatic heterocycles. The highest BCUT2D eigenvalue weighted by Gasteiger charge is 2.19. The first-order chi connectivity index (χ1) is 10.6. The fourth-order valence-corrected chi connectivity index (χ4v) is 2.30. The third kappa shape index (κ3) is 7.86. The lowest BCUT2D eigenvalue weighted by Crippen LogP contribution is -2.38. The number of hydrogen-bond donors (Lipinski definition) is 1. The number of pyridine rings is 1. The molecule has 0 spiro atoms. The van der Waals surface area contributed by atoms with Crippen molar-refractivity contribution in [3.63, 3.8) is 0 Å². The van der Waals surface area contributed by atoms with E-state index < -0.39 is 5.60 Å². The Kier molecular flexibility index (Phi) is 6.85. The Morgan fingerprint density at radius 2 is 1.91 bits per heavy atom. The van der Waals surface area contributed by atoms with Crippen LogP contribution >= 0.6 is 0 Å². The molecule has 0 aliphatic carbocycles. The number of alkyl carbamates (subject to hydrolysis) is 1. The highest BCUT2D eigenvalue weighted by Crippen LogP contribution is 2.17. The number of amides is 1. The zero-order chi connectivity index (χ0) is 17.6. The van der Waals surface area contributed by atoms with Crippen LogP contribution in [0.4, 0.5) is 4.79 Å². The van der Waals surface area contributed by atoms with E-state index >= 15 is 0 Å². The minimum atomic E-state index is -0.478. The van der Waals surface area contributed by atoms with Crippen LogP contribution in [0.5, 0.6) is 5.75 Å². The Morgan fingerprint density at radius 3 is 2.48 bits per heavy atom. The van der Waals surface area contributed by atoms with E-state index in [-0.39, 0.29) is 12.1 Å². The fourth-order valence-electron chi connectivity index (χ4n) is 2.30. The molecule has 0 aromatic carbocycles. The Hall–Kier alpha value is -1.78. The van der Waals surface area contributed by atoms with Crippen molar-refractivity contribution in [1.82, 2.24) is 10.3 Å². The Morgan fingerprint density at radius 1 is 1.26 bits per heavy atom. The summed E-state index contributed by atoms with van der Waals surface area (Å²) >= 11 is 0. The van der Waals surface area contributed by atoms with Gasteiger partial charge in [-0.25, -0.2) is 4.79 Å². The Labute approximate surface area is 139 Å². The van der Waals surface area contributed by atoms with Crippen molar-refractivity contribution in [2.75, 3.05) is 6.61 Å². The van der Waals surface area contributed by atoms with Crippen molar-refractivity contribution in [2.45, 2.75) is 66.5 Å². The highest BCUT2D eigenvalue weighted by atomic mass is 16.6. The number of nitrogens with zero attached hydrogens (tertiary/aromatic N) is 1. The van der Waals surface area contributed by atoms with Crippen LogP contribution in [0.2, 0.25) is 0 Å². The van der Waals surface area contributed by atoms with Crippen LogP contribution in [-0.2, 0) is 4.74 Å². The summed E-state index contributed by atoms with van der Waals surface area (Å²) in [5.74, 6) is 1.12. The van der Waals surface area contributed by atoms with Gasteiger partial charge in [-0.05, 0) is 66.0 Å². The number of aromatic nitrogens is 1. The van der Waals surface area contributed by atoms with Gasteiger partial charge in [0, 0.05) is 11.7 Å². The van der Waals surface area contributed by atoms with Crippen LogP contribution in [0.3, 0.4) is 0 Å². The van der Waals surface area contributed by atoms with Gasteiger partial charge in [0.25, 0.3) is 0 Å². The maximum Gasteiger partial charge on any atom is 0.407 e. The fraction of sp³-hybridized carbons (Fsp3) is 0.667. The molecular weight excluding hydrogens is 292 g/mol. The highest BCUT2D eigenvalue weighted by molar-refractivity contribution is 5.68. The first-order valence-electron chi connectivity index (χ1n) is 8.13. The standard InChI is InChI=1S/C18H30N2O3/c1-12(10-14(3)20-17(21)23-18(5,6)7)11-22-16-9-8-13(2)19-15(16)4/h8-9,12,14H,10-11H2,1-7H3,(H,20,21). The normalized spacial score (nSPS) is 14.0. The maximum absolute atomic E-state index is 11.7. The first kappa shape index (κ1) is 19.3. The molecule has 0 fully saturated rings. The van der Waals surface area contributed by atoms with Crippen molar-refractivity contribution >= 4 is 6.09 Å². The summed E-state index contributed by atoms with van der Waals surface area (Å²) in [6.07, 6.45) is 0.439. The number of nitrogens with one attached hydrogen (secondary N) is 1. The van der Waals surface area contributed by atoms with Gasteiger partial charge >= 0.3 is 6.09 Å². The van der Waals surface area contributed by atoms with E-state index in [4.69, 9.17) is 9.47 Å². The molecule has 0 saturated carbocycles. The van der Waals surface area contributed by atoms with Gasteiger partial charge < -0.3 is 14.8 Å². The van der Waals surface area contributed by atoms with Crippen LogP contribution in [0.25, 0.3) is 0 Å². The van der Waals surface area contributed by atoms with E-state index in [1.54, 1.807) is 0 Å². The SMILES string of the molecule is Cc1ccc(OCC(C)CC(C)NC(=O)OC(C)(C)C)c(C)n1. The molecule has 0 aliphatic heterocycles. The molecule has 0 bridgehead atoms. The molecule has 5 nitrogen and oxygen atoms in total. The molecule has 1 heterocycles. The number of aryl methyl sites for hydroxylation is 2. The van der Waals surface area contributed by atoms with Gasteiger partial charge in [0.2, 0.25) is 0 Å². The van der Waals surface area contributed by atoms with Gasteiger partial charge in [-0.1, -0.05) is 6.92 Å². The Balaban J connectivity index is 2.38. The number of carbonyl (C=O) groups excluding carboxylic acids is 1. The smallest absolute Gasteiger partial charge is 0.407 e. The lowest BCUT2D eigenvalue weighted by molar-refractivity contribution is 0.0500. The predicted octanol–water partition coefficient (Wildman–Crippen LogP) is 4.02. The van der Waals surface area contributed by atoms with Gasteiger partial charge in [0.15, 0.2) is 0 Å². The van der Waals surface area contributed by atoms with Gasteiger partial charge in [0.05, 0.1) is 12.3 Å². The third-order valence-corrected chi connectivity index (χ3v) is 3.22. The molecule has 5 heteroatoms. The van der Waals surface area contributed by atoms with Gasteiger partial charge in [-0.15, -0.1) is 0 Å². The van der Waals surface area contributed by atoms with Gasteiger partial charge in [-0.3, -0.25) is 4.98 Å². The van der Waals surface area contributed by atoms with Crippen molar-refractivity contribution in [3.05, 3.63) is 23.5 Å². The molecule has 2 unspecified atom stereocenters. The minimum Gasteiger partial charge on any atom is -0.491 e. The number of carbonyl (C=O) groups is 1. The number of rotatable bonds is 6. The summed E-state index contributed by atoms with van der Waals surface area (Å²) in [7, 11) is 0. The molecular formula is C18H30N2O3. The molecule has 130 valence electrons. The molecule has 0 radical (unpaired) electrons. The van der Waals surface area contributed by atoms with Gasteiger partial charge in [-0.2, -0.15) is 0 Å². The Bertz CT molecular complexity index is 523. The average molecular weight is 322 g/mol. The molecule has 1 rings (SSSR count). The maximum atomic E-state index is 11.7. The van der Waals surface area contributed by atoms with Crippen molar-refractivity contribution in [3.8, 4) is 5.75 Å².